The van der Waals surface area contributed by atoms with E-state index in [9.17, 15) is 14.7 Å². The van der Waals surface area contributed by atoms with Crippen LogP contribution in [0.4, 0.5) is 0 Å². The third kappa shape index (κ3) is 39.0. The SMILES string of the molecule is CCCCCCCCCCCCCCCCCC(=O)OC(=O)C(O)CCCCCCCCCCCCCCCC.CCO. The van der Waals surface area contributed by atoms with Crippen molar-refractivity contribution in [2.75, 3.05) is 6.61 Å². The molecule has 0 aliphatic carbocycles. The van der Waals surface area contributed by atoms with Gasteiger partial charge in [-0.1, -0.05) is 194 Å². The Morgan fingerprint density at radius 3 is 1.02 bits per heavy atom. The molecule has 0 saturated heterocycles. The largest absolute Gasteiger partial charge is 0.397 e. The minimum absolute atomic E-state index is 0.250. The van der Waals surface area contributed by atoms with Gasteiger partial charge in [-0.2, -0.15) is 0 Å². The third-order valence-electron chi connectivity index (χ3n) is 8.30. The van der Waals surface area contributed by atoms with Crippen LogP contribution in [0.2, 0.25) is 0 Å². The maximum atomic E-state index is 12.0. The number of rotatable bonds is 32. The summed E-state index contributed by atoms with van der Waals surface area (Å²) in [6.07, 6.45) is 36.5. The lowest BCUT2D eigenvalue weighted by Crippen LogP contribution is -2.25. The van der Waals surface area contributed by atoms with E-state index in [2.05, 4.69) is 13.8 Å². The van der Waals surface area contributed by atoms with Gasteiger partial charge in [0.05, 0.1) is 0 Å². The van der Waals surface area contributed by atoms with E-state index in [1.165, 1.54) is 148 Å². The monoisotopic (exact) mass is 613 g/mol. The van der Waals surface area contributed by atoms with Gasteiger partial charge in [-0.25, -0.2) is 4.79 Å². The van der Waals surface area contributed by atoms with Crippen LogP contribution >= 0.6 is 0 Å². The number of esters is 2. The van der Waals surface area contributed by atoms with Crippen LogP contribution in [0, 0.1) is 0 Å². The molecule has 0 heterocycles. The Morgan fingerprint density at radius 1 is 0.465 bits per heavy atom. The summed E-state index contributed by atoms with van der Waals surface area (Å²) in [4.78, 5) is 23.9. The Balaban J connectivity index is 0. The second-order valence-electron chi connectivity index (χ2n) is 12.7. The number of carbonyl (C=O) groups excluding carboxylic acids is 2. The molecule has 0 aliphatic rings. The first kappa shape index (κ1) is 44.2. The van der Waals surface area contributed by atoms with Crippen LogP contribution in [0.1, 0.15) is 220 Å². The van der Waals surface area contributed by atoms with Crippen LogP contribution in [0.25, 0.3) is 0 Å². The van der Waals surface area contributed by atoms with E-state index in [0.717, 1.165) is 38.5 Å². The van der Waals surface area contributed by atoms with Crippen molar-refractivity contribution in [1.82, 2.24) is 0 Å². The predicted molar refractivity (Wildman–Crippen MR) is 184 cm³/mol. The molecule has 0 bridgehead atoms. The van der Waals surface area contributed by atoms with Crippen molar-refractivity contribution >= 4 is 11.9 Å². The third-order valence-corrected chi connectivity index (χ3v) is 8.30. The molecule has 0 radical (unpaired) electrons. The Kier molecular flexibility index (Phi) is 40.2. The van der Waals surface area contributed by atoms with E-state index in [1.807, 2.05) is 0 Å². The van der Waals surface area contributed by atoms with Crippen LogP contribution in [-0.2, 0) is 14.3 Å². The van der Waals surface area contributed by atoms with E-state index in [4.69, 9.17) is 9.84 Å². The number of ether oxygens (including phenoxy) is 1. The smallest absolute Gasteiger partial charge is 0.342 e. The van der Waals surface area contributed by atoms with Crippen molar-refractivity contribution < 1.29 is 24.5 Å². The normalized spacial score (nSPS) is 11.7. The Bertz CT molecular complexity index is 550. The molecule has 0 amide bonds. The molecule has 5 nitrogen and oxygen atoms in total. The van der Waals surface area contributed by atoms with Crippen molar-refractivity contribution in [2.45, 2.75) is 226 Å². The zero-order valence-corrected chi connectivity index (χ0v) is 29.3. The summed E-state index contributed by atoms with van der Waals surface area (Å²) in [7, 11) is 0. The first-order valence-corrected chi connectivity index (χ1v) is 19.1. The van der Waals surface area contributed by atoms with Crippen molar-refractivity contribution in [1.29, 1.82) is 0 Å². The molecular formula is C38H76O5. The summed E-state index contributed by atoms with van der Waals surface area (Å²) in [5.41, 5.74) is 0. The standard InChI is InChI=1S/C36H70O4.C2H6O/c1-3-5-7-9-11-13-15-17-19-21-23-25-27-29-31-33-35(38)40-36(39)34(37)32-30-28-26-24-22-20-18-16-14-12-10-8-6-4-2;1-2-3/h34,37H,3-33H2,1-2H3;3H,2H2,1H3. The van der Waals surface area contributed by atoms with Crippen LogP contribution in [0.15, 0.2) is 0 Å². The molecular weight excluding hydrogens is 536 g/mol. The van der Waals surface area contributed by atoms with E-state index in [0.29, 0.717) is 6.42 Å². The second kappa shape index (κ2) is 39.1. The summed E-state index contributed by atoms with van der Waals surface area (Å²) in [6, 6.07) is 0. The van der Waals surface area contributed by atoms with Crippen molar-refractivity contribution in [2.24, 2.45) is 0 Å². The van der Waals surface area contributed by atoms with Gasteiger partial charge < -0.3 is 14.9 Å². The quantitative estimate of drug-likeness (QED) is 0.0448. The molecule has 258 valence electrons. The average molecular weight is 613 g/mol. The van der Waals surface area contributed by atoms with Crippen molar-refractivity contribution in [3.63, 3.8) is 0 Å². The molecule has 2 N–H and O–H groups in total. The topological polar surface area (TPSA) is 83.8 Å². The van der Waals surface area contributed by atoms with Gasteiger partial charge in [-0.3, -0.25) is 4.79 Å². The second-order valence-corrected chi connectivity index (χ2v) is 12.7. The highest BCUT2D eigenvalue weighted by Gasteiger charge is 2.19. The van der Waals surface area contributed by atoms with Crippen LogP contribution in [0.5, 0.6) is 0 Å². The fourth-order valence-electron chi connectivity index (χ4n) is 5.52. The summed E-state index contributed by atoms with van der Waals surface area (Å²) in [5, 5.41) is 17.6. The molecule has 0 spiro atoms. The first-order valence-electron chi connectivity index (χ1n) is 19.1. The molecule has 0 aromatic rings. The molecule has 0 aliphatic heterocycles. The summed E-state index contributed by atoms with van der Waals surface area (Å²) in [5.74, 6) is -1.25. The highest BCUT2D eigenvalue weighted by atomic mass is 16.6. The highest BCUT2D eigenvalue weighted by molar-refractivity contribution is 5.87. The van der Waals surface area contributed by atoms with Crippen molar-refractivity contribution in [3.05, 3.63) is 0 Å². The molecule has 0 saturated carbocycles. The van der Waals surface area contributed by atoms with Gasteiger partial charge in [0.1, 0.15) is 0 Å². The van der Waals surface area contributed by atoms with Gasteiger partial charge in [0.2, 0.25) is 0 Å². The Hall–Kier alpha value is -0.940. The number of hydrogen-bond donors (Lipinski definition) is 2. The van der Waals surface area contributed by atoms with E-state index in [-0.39, 0.29) is 13.0 Å². The molecule has 1 atom stereocenters. The summed E-state index contributed by atoms with van der Waals surface area (Å²) in [6.45, 7) is 6.47. The molecule has 1 unspecified atom stereocenters. The lowest BCUT2D eigenvalue weighted by atomic mass is 10.0. The van der Waals surface area contributed by atoms with Gasteiger partial charge in [0.25, 0.3) is 0 Å². The molecule has 0 fully saturated rings. The minimum Gasteiger partial charge on any atom is -0.397 e. The zero-order chi connectivity index (χ0) is 32.1. The Morgan fingerprint density at radius 2 is 0.721 bits per heavy atom. The van der Waals surface area contributed by atoms with E-state index in [1.54, 1.807) is 6.92 Å². The Labute approximate surface area is 268 Å². The number of aliphatic hydroxyl groups is 2. The zero-order valence-electron chi connectivity index (χ0n) is 29.3. The van der Waals surface area contributed by atoms with Gasteiger partial charge in [-0.15, -0.1) is 0 Å². The van der Waals surface area contributed by atoms with Crippen LogP contribution < -0.4 is 0 Å². The fourth-order valence-corrected chi connectivity index (χ4v) is 5.52. The number of carbonyl (C=O) groups is 2. The van der Waals surface area contributed by atoms with Gasteiger partial charge in [0.15, 0.2) is 6.10 Å². The maximum absolute atomic E-state index is 12.0. The van der Waals surface area contributed by atoms with Gasteiger partial charge in [-0.05, 0) is 19.8 Å². The first-order chi connectivity index (χ1) is 21.0. The number of hydrogen-bond acceptors (Lipinski definition) is 5. The van der Waals surface area contributed by atoms with Crippen LogP contribution in [0.3, 0.4) is 0 Å². The number of unbranched alkanes of at least 4 members (excludes halogenated alkanes) is 27. The lowest BCUT2D eigenvalue weighted by Gasteiger charge is -2.09. The molecule has 0 aromatic carbocycles. The minimum atomic E-state index is -1.16. The molecule has 43 heavy (non-hydrogen) atoms. The molecule has 5 heteroatoms. The van der Waals surface area contributed by atoms with E-state index >= 15 is 0 Å². The molecule has 0 rings (SSSR count). The summed E-state index contributed by atoms with van der Waals surface area (Å²) < 4.78 is 4.87. The van der Waals surface area contributed by atoms with Gasteiger partial charge in [0, 0.05) is 13.0 Å². The number of aliphatic hydroxyl groups excluding tert-OH is 2. The lowest BCUT2D eigenvalue weighted by molar-refractivity contribution is -0.166. The molecule has 0 aromatic heterocycles. The summed E-state index contributed by atoms with van der Waals surface area (Å²) >= 11 is 0. The van der Waals surface area contributed by atoms with Crippen LogP contribution in [-0.4, -0.2) is 34.9 Å². The van der Waals surface area contributed by atoms with Crippen molar-refractivity contribution in [3.8, 4) is 0 Å². The van der Waals surface area contributed by atoms with Gasteiger partial charge >= 0.3 is 11.9 Å². The van der Waals surface area contributed by atoms with E-state index < -0.39 is 18.0 Å². The average Bonchev–Trinajstić information content (AvgIpc) is 2.99. The maximum Gasteiger partial charge on any atom is 0.342 e. The fraction of sp³-hybridized carbons (Fsp3) is 0.947. The highest BCUT2D eigenvalue weighted by Crippen LogP contribution is 2.16. The predicted octanol–water partition coefficient (Wildman–Crippen LogP) is 11.5.